The summed E-state index contributed by atoms with van der Waals surface area (Å²) in [6.45, 7) is 4.04. The monoisotopic (exact) mass is 1260 g/mol. The number of aryl methyl sites for hydroxylation is 2. The molecule has 12 heteroatoms. The summed E-state index contributed by atoms with van der Waals surface area (Å²) in [5, 5.41) is 21.1. The van der Waals surface area contributed by atoms with Gasteiger partial charge in [0.15, 0.2) is 0 Å². The third kappa shape index (κ3) is 11.9. The van der Waals surface area contributed by atoms with Crippen molar-refractivity contribution in [2.24, 2.45) is 7.05 Å². The molecule has 0 aliphatic rings. The minimum absolute atomic E-state index is 0.493. The van der Waals surface area contributed by atoms with Gasteiger partial charge in [0, 0.05) is 50.1 Å². The molecule has 0 bridgehead atoms. The Kier molecular flexibility index (Phi) is 16.6. The van der Waals surface area contributed by atoms with Crippen molar-refractivity contribution >= 4 is 122 Å². The van der Waals surface area contributed by atoms with E-state index in [1.165, 1.54) is 88.0 Å². The molecule has 6 nitrogen and oxygen atoms in total. The molecule has 0 radical (unpaired) electrons. The van der Waals surface area contributed by atoms with Gasteiger partial charge in [0.2, 0.25) is 6.33 Å². The van der Waals surface area contributed by atoms with Crippen LogP contribution in [0.4, 0.5) is 0 Å². The first-order valence-corrected chi connectivity index (χ1v) is 35.3. The van der Waals surface area contributed by atoms with Crippen LogP contribution in [0.1, 0.15) is 40.7 Å². The van der Waals surface area contributed by atoms with Crippen LogP contribution in [0.25, 0.3) is 104 Å². The van der Waals surface area contributed by atoms with Gasteiger partial charge in [-0.1, -0.05) is 115 Å². The second kappa shape index (κ2) is 25.8. The van der Waals surface area contributed by atoms with E-state index in [0.717, 1.165) is 87.4 Å². The van der Waals surface area contributed by atoms with Gasteiger partial charge >= 0.3 is 0 Å². The standard InChI is InChI=1S/C76H63N2O4S6/c1-77-32-33-78(49-77)34-38-82-64-29-24-57-44-51(48-80-37-31-59-46-70(66-13-6-40-84-66)88-76(59)68-15-8-42-86-68)17-26-62(57)74(64)73-61-25-16-50(47-79-36-30-58-45-69(65-12-5-39-83-65)87-75(58)67-14-7-41-85-67)43-56(61)23-28-63(73)81-35-3-2-9-52-18-19-55-21-20-53-10-4-11-54-22-27-60(52)72(55)71(53)54/h4-8,10-29,32-33,39-46,49H,2-3,9,30-31,34-38,47-48H2,1H3/q+1. The number of ether oxygens (including phenoxy) is 4. The third-order valence-corrected chi connectivity index (χ3v) is 23.3. The van der Waals surface area contributed by atoms with Crippen LogP contribution in [-0.2, 0) is 55.5 Å². The van der Waals surface area contributed by atoms with Crippen LogP contribution in [0, 0.1) is 0 Å². The van der Waals surface area contributed by atoms with Crippen LogP contribution in [0.15, 0.2) is 216 Å². The van der Waals surface area contributed by atoms with Gasteiger partial charge < -0.3 is 18.9 Å². The van der Waals surface area contributed by atoms with Crippen LogP contribution >= 0.6 is 68.0 Å². The lowest BCUT2D eigenvalue weighted by molar-refractivity contribution is -0.671. The molecule has 15 aromatic rings. The highest BCUT2D eigenvalue weighted by Gasteiger charge is 2.22. The van der Waals surface area contributed by atoms with Gasteiger partial charge in [0.1, 0.15) is 37.0 Å². The zero-order valence-electron chi connectivity index (χ0n) is 48.7. The van der Waals surface area contributed by atoms with Crippen LogP contribution in [-0.4, -0.2) is 31.0 Å². The molecule has 0 spiro atoms. The number of fused-ring (bicyclic) bond motifs is 2. The van der Waals surface area contributed by atoms with E-state index in [-0.39, 0.29) is 0 Å². The van der Waals surface area contributed by atoms with Crippen molar-refractivity contribution in [3.63, 3.8) is 0 Å². The highest BCUT2D eigenvalue weighted by molar-refractivity contribution is 7.26. The van der Waals surface area contributed by atoms with E-state index in [9.17, 15) is 0 Å². The lowest BCUT2D eigenvalue weighted by Gasteiger charge is -2.20. The van der Waals surface area contributed by atoms with E-state index in [1.807, 2.05) is 29.7 Å². The van der Waals surface area contributed by atoms with Crippen molar-refractivity contribution < 1.29 is 23.5 Å². The molecule has 0 aliphatic carbocycles. The van der Waals surface area contributed by atoms with Crippen molar-refractivity contribution in [2.45, 2.75) is 51.9 Å². The maximum atomic E-state index is 7.09. The molecule has 436 valence electrons. The number of thiophene rings is 6. The quantitative estimate of drug-likeness (QED) is 0.0325. The topological polar surface area (TPSA) is 45.7 Å². The minimum atomic E-state index is 0.493. The molecule has 0 saturated heterocycles. The number of benzene rings is 8. The number of rotatable bonds is 25. The van der Waals surface area contributed by atoms with Gasteiger partial charge in [-0.15, -0.1) is 68.0 Å². The summed E-state index contributed by atoms with van der Waals surface area (Å²) in [5.41, 5.74) is 8.40. The van der Waals surface area contributed by atoms with Gasteiger partial charge in [-0.25, -0.2) is 9.13 Å². The fourth-order valence-electron chi connectivity index (χ4n) is 12.4. The van der Waals surface area contributed by atoms with Crippen molar-refractivity contribution in [3.05, 3.63) is 244 Å². The lowest BCUT2D eigenvalue weighted by atomic mass is 9.90. The average molecular weight is 1260 g/mol. The van der Waals surface area contributed by atoms with E-state index in [0.29, 0.717) is 46.2 Å². The Hall–Kier alpha value is -7.75. The molecule has 0 fully saturated rings. The first-order chi connectivity index (χ1) is 43.5. The van der Waals surface area contributed by atoms with E-state index < -0.39 is 0 Å². The van der Waals surface area contributed by atoms with Crippen molar-refractivity contribution in [1.82, 2.24) is 4.57 Å². The summed E-state index contributed by atoms with van der Waals surface area (Å²) in [6.07, 6.45) is 10.8. The Morgan fingerprint density at radius 3 is 1.47 bits per heavy atom. The van der Waals surface area contributed by atoms with Crippen molar-refractivity contribution in [3.8, 4) is 61.6 Å². The molecule has 0 aliphatic heterocycles. The second-order valence-electron chi connectivity index (χ2n) is 22.5. The lowest BCUT2D eigenvalue weighted by Crippen LogP contribution is -2.24. The van der Waals surface area contributed by atoms with Crippen LogP contribution < -0.4 is 14.0 Å². The molecule has 0 N–H and O–H groups in total. The van der Waals surface area contributed by atoms with Gasteiger partial charge in [0.25, 0.3) is 0 Å². The summed E-state index contributed by atoms with van der Waals surface area (Å²) in [6, 6.07) is 65.0. The van der Waals surface area contributed by atoms with E-state index in [1.54, 1.807) is 45.3 Å². The molecule has 0 amide bonds. The zero-order chi connectivity index (χ0) is 58.8. The maximum absolute atomic E-state index is 7.09. The number of imidazole rings is 1. The molecule has 7 aromatic heterocycles. The minimum Gasteiger partial charge on any atom is -0.493 e. The molecule has 0 saturated carbocycles. The van der Waals surface area contributed by atoms with Crippen LogP contribution in [0.3, 0.4) is 0 Å². The summed E-state index contributed by atoms with van der Waals surface area (Å²) < 4.78 is 31.4. The van der Waals surface area contributed by atoms with Crippen LogP contribution in [0.5, 0.6) is 11.5 Å². The van der Waals surface area contributed by atoms with Gasteiger partial charge in [-0.2, -0.15) is 0 Å². The summed E-state index contributed by atoms with van der Waals surface area (Å²) in [4.78, 5) is 10.6. The number of hydrogen-bond acceptors (Lipinski definition) is 10. The van der Waals surface area contributed by atoms with Crippen molar-refractivity contribution in [2.75, 3.05) is 26.4 Å². The average Bonchev–Trinajstić information content (AvgIpc) is 1.52. The highest BCUT2D eigenvalue weighted by atomic mass is 32.1. The van der Waals surface area contributed by atoms with Crippen LogP contribution in [0.2, 0.25) is 0 Å². The van der Waals surface area contributed by atoms with Gasteiger partial charge in [0.05, 0.1) is 40.1 Å². The fraction of sp³-hybridized carbons (Fsp3) is 0.171. The number of unbranched alkanes of at least 4 members (excludes halogenated alkanes) is 1. The third-order valence-electron chi connectivity index (χ3n) is 16.7. The van der Waals surface area contributed by atoms with E-state index >= 15 is 0 Å². The Morgan fingerprint density at radius 2 is 0.920 bits per heavy atom. The SMILES string of the molecule is C[n+]1ccn(CCOc2ccc3cc(COCCc4cc(-c5cccs5)sc4-c4cccs4)ccc3c2-c2c(OCCCCc3ccc4ccc5cccc6ccc3c4c56)ccc3cc(COCCc4cc(-c5cccs5)sc4-c4cccs4)ccc23)c1. The van der Waals surface area contributed by atoms with Gasteiger partial charge in [-0.3, -0.25) is 0 Å². The van der Waals surface area contributed by atoms with Crippen molar-refractivity contribution in [1.29, 1.82) is 0 Å². The molecular weight excluding hydrogens is 1200 g/mol. The Labute approximate surface area is 536 Å². The second-order valence-corrected chi connectivity index (χ2v) is 28.4. The number of hydrogen-bond donors (Lipinski definition) is 0. The first-order valence-electron chi connectivity index (χ1n) is 30.1. The summed E-state index contributed by atoms with van der Waals surface area (Å²) >= 11 is 11.0. The molecule has 0 unspecified atom stereocenters. The molecular formula is C76H63N2O4S6+. The Morgan fingerprint density at radius 1 is 0.409 bits per heavy atom. The maximum Gasteiger partial charge on any atom is 0.243 e. The summed E-state index contributed by atoms with van der Waals surface area (Å²) in [7, 11) is 2.05. The van der Waals surface area contributed by atoms with E-state index in [2.05, 4.69) is 225 Å². The molecule has 88 heavy (non-hydrogen) atoms. The zero-order valence-corrected chi connectivity index (χ0v) is 53.6. The molecule has 15 rings (SSSR count). The predicted molar refractivity (Wildman–Crippen MR) is 375 cm³/mol. The molecule has 7 heterocycles. The highest BCUT2D eigenvalue weighted by Crippen LogP contribution is 2.48. The largest absolute Gasteiger partial charge is 0.493 e. The first kappa shape index (κ1) is 56.7. The fourth-order valence-corrected chi connectivity index (χ4v) is 18.3. The molecule has 0 atom stereocenters. The molecule has 8 aromatic carbocycles. The predicted octanol–water partition coefficient (Wildman–Crippen LogP) is 21.2. The summed E-state index contributed by atoms with van der Waals surface area (Å²) in [5.74, 6) is 1.67. The normalized spacial score (nSPS) is 11.9. The number of nitrogens with zero attached hydrogens (tertiary/aromatic N) is 2. The Bertz CT molecular complexity index is 4820. The Balaban J connectivity index is 0.721. The smallest absolute Gasteiger partial charge is 0.243 e. The number of aromatic nitrogens is 2. The van der Waals surface area contributed by atoms with E-state index in [4.69, 9.17) is 18.9 Å². The van der Waals surface area contributed by atoms with Gasteiger partial charge in [-0.05, 0) is 196 Å².